The fourth-order valence-corrected chi connectivity index (χ4v) is 5.35. The van der Waals surface area contributed by atoms with Gasteiger partial charge in [-0.1, -0.05) is 29.8 Å². The van der Waals surface area contributed by atoms with Gasteiger partial charge in [0.15, 0.2) is 0 Å². The summed E-state index contributed by atoms with van der Waals surface area (Å²) in [5.74, 6) is -0.794. The van der Waals surface area contributed by atoms with E-state index in [1.54, 1.807) is 0 Å². The van der Waals surface area contributed by atoms with Crippen LogP contribution in [0.3, 0.4) is 0 Å². The molecule has 2 aliphatic heterocycles. The Bertz CT molecular complexity index is 1170. The zero-order chi connectivity index (χ0) is 22.4. The van der Waals surface area contributed by atoms with E-state index in [1.165, 1.54) is 22.5 Å². The van der Waals surface area contributed by atoms with Gasteiger partial charge in [0, 0.05) is 43.8 Å². The predicted molar refractivity (Wildman–Crippen MR) is 127 cm³/mol. The number of carboxylic acids is 1. The predicted octanol–water partition coefficient (Wildman–Crippen LogP) is 4.32. The second-order valence-corrected chi connectivity index (χ2v) is 9.07. The lowest BCUT2D eigenvalue weighted by molar-refractivity contribution is -0.136. The van der Waals surface area contributed by atoms with Crippen LogP contribution in [0.4, 0.5) is 5.69 Å². The van der Waals surface area contributed by atoms with Gasteiger partial charge in [-0.25, -0.2) is 0 Å². The van der Waals surface area contributed by atoms with E-state index in [2.05, 4.69) is 65.6 Å². The molecule has 32 heavy (non-hydrogen) atoms. The summed E-state index contributed by atoms with van der Waals surface area (Å²) in [5.41, 5.74) is 9.00. The van der Waals surface area contributed by atoms with E-state index in [1.807, 2.05) is 0 Å². The average Bonchev–Trinajstić information content (AvgIpc) is 3.40. The van der Waals surface area contributed by atoms with Crippen LogP contribution in [0.2, 0.25) is 0 Å². The lowest BCUT2D eigenvalue weighted by atomic mass is 9.88. The number of hydrogen-bond donors (Lipinski definition) is 1. The molecule has 0 aliphatic carbocycles. The van der Waals surface area contributed by atoms with E-state index in [0.717, 1.165) is 73.4 Å². The highest BCUT2D eigenvalue weighted by Crippen LogP contribution is 2.44. The van der Waals surface area contributed by atoms with Crippen molar-refractivity contribution < 1.29 is 14.7 Å². The number of benzene rings is 2. The maximum atomic E-state index is 11.9. The minimum Gasteiger partial charge on any atom is -0.481 e. The molecule has 1 aromatic heterocycles. The largest absolute Gasteiger partial charge is 0.481 e. The van der Waals surface area contributed by atoms with Crippen LogP contribution in [0.1, 0.15) is 28.8 Å². The molecule has 0 unspecified atom stereocenters. The number of carbonyl (C=O) groups is 1. The number of aliphatic carboxylic acids is 1. The van der Waals surface area contributed by atoms with Crippen molar-refractivity contribution in [2.24, 2.45) is 0 Å². The summed E-state index contributed by atoms with van der Waals surface area (Å²) in [5, 5.41) is 13.0. The molecule has 2 aromatic carbocycles. The van der Waals surface area contributed by atoms with Gasteiger partial charge in [0.2, 0.25) is 0 Å². The molecule has 5 rings (SSSR count). The smallest absolute Gasteiger partial charge is 0.307 e. The standard InChI is InChI=1S/C26H31N3O3/c1-17-5-7-20(8-6-17)24-21(16-23(30)31)19(3)25-26-22(24)15-18(2)29(26)13-11-27(25)10-12-28-9-4-14-32-28/h5-8,15H,4,9-14,16H2,1-3H3,(H,30,31). The van der Waals surface area contributed by atoms with Crippen LogP contribution in [0, 0.1) is 20.8 Å². The van der Waals surface area contributed by atoms with Crippen LogP contribution in [0.15, 0.2) is 30.3 Å². The number of hydrogen-bond acceptors (Lipinski definition) is 4. The number of hydroxylamine groups is 2. The van der Waals surface area contributed by atoms with Gasteiger partial charge in [0.25, 0.3) is 0 Å². The Kier molecular flexibility index (Phi) is 5.43. The first-order chi connectivity index (χ1) is 15.4. The summed E-state index contributed by atoms with van der Waals surface area (Å²) in [6, 6.07) is 10.7. The second-order valence-electron chi connectivity index (χ2n) is 9.07. The molecule has 0 spiro atoms. The van der Waals surface area contributed by atoms with Crippen molar-refractivity contribution in [1.29, 1.82) is 0 Å². The van der Waals surface area contributed by atoms with Crippen molar-refractivity contribution in [2.75, 3.05) is 37.7 Å². The van der Waals surface area contributed by atoms with Crippen LogP contribution in [0.25, 0.3) is 22.0 Å². The molecule has 3 heterocycles. The quantitative estimate of drug-likeness (QED) is 0.628. The number of nitrogens with zero attached hydrogens (tertiary/aromatic N) is 3. The minimum absolute atomic E-state index is 0.0191. The van der Waals surface area contributed by atoms with Gasteiger partial charge in [-0.15, -0.1) is 0 Å². The second kappa shape index (κ2) is 8.26. The van der Waals surface area contributed by atoms with Crippen LogP contribution < -0.4 is 4.90 Å². The Morgan fingerprint density at radius 1 is 1.06 bits per heavy atom. The monoisotopic (exact) mass is 433 g/mol. The first-order valence-electron chi connectivity index (χ1n) is 11.5. The van der Waals surface area contributed by atoms with E-state index in [-0.39, 0.29) is 6.42 Å². The Morgan fingerprint density at radius 2 is 1.84 bits per heavy atom. The fraction of sp³-hybridized carbons (Fsp3) is 0.423. The molecular formula is C26H31N3O3. The molecule has 3 aromatic rings. The molecule has 0 radical (unpaired) electrons. The third-order valence-electron chi connectivity index (χ3n) is 6.93. The molecule has 0 amide bonds. The molecular weight excluding hydrogens is 402 g/mol. The molecule has 1 N–H and O–H groups in total. The van der Waals surface area contributed by atoms with Crippen molar-refractivity contribution in [1.82, 2.24) is 9.63 Å². The highest BCUT2D eigenvalue weighted by atomic mass is 16.7. The number of carboxylic acid groups (broad SMARTS) is 1. The fourth-order valence-electron chi connectivity index (χ4n) is 5.35. The van der Waals surface area contributed by atoms with E-state index in [9.17, 15) is 9.90 Å². The normalized spacial score (nSPS) is 16.3. The van der Waals surface area contributed by atoms with Crippen LogP contribution >= 0.6 is 0 Å². The molecule has 0 bridgehead atoms. The SMILES string of the molecule is Cc1ccc(-c2c(CC(=O)O)c(C)c3c4c2cc(C)n4CCN3CCN2CCCO2)cc1. The Balaban J connectivity index is 1.70. The van der Waals surface area contributed by atoms with Crippen LogP contribution in [-0.4, -0.2) is 53.5 Å². The van der Waals surface area contributed by atoms with Gasteiger partial charge in [0.1, 0.15) is 0 Å². The lowest BCUT2D eigenvalue weighted by Gasteiger charge is -2.35. The molecule has 168 valence electrons. The van der Waals surface area contributed by atoms with Gasteiger partial charge in [-0.2, -0.15) is 5.06 Å². The van der Waals surface area contributed by atoms with E-state index in [4.69, 9.17) is 4.84 Å². The summed E-state index contributed by atoms with van der Waals surface area (Å²) >= 11 is 0. The molecule has 6 heteroatoms. The van der Waals surface area contributed by atoms with Crippen molar-refractivity contribution in [3.8, 4) is 11.1 Å². The highest BCUT2D eigenvalue weighted by molar-refractivity contribution is 6.07. The summed E-state index contributed by atoms with van der Waals surface area (Å²) in [4.78, 5) is 20.1. The van der Waals surface area contributed by atoms with Crippen molar-refractivity contribution in [3.05, 3.63) is 52.7 Å². The van der Waals surface area contributed by atoms with Crippen molar-refractivity contribution in [2.45, 2.75) is 40.2 Å². The average molecular weight is 434 g/mol. The molecule has 6 nitrogen and oxygen atoms in total. The molecule has 2 aliphatic rings. The molecule has 1 saturated heterocycles. The summed E-state index contributed by atoms with van der Waals surface area (Å²) in [6.07, 6.45) is 1.10. The lowest BCUT2D eigenvalue weighted by Crippen LogP contribution is -2.38. The van der Waals surface area contributed by atoms with Gasteiger partial charge < -0.3 is 14.6 Å². The third-order valence-corrected chi connectivity index (χ3v) is 6.93. The van der Waals surface area contributed by atoms with Crippen molar-refractivity contribution >= 4 is 22.6 Å². The summed E-state index contributed by atoms with van der Waals surface area (Å²) < 4.78 is 2.41. The van der Waals surface area contributed by atoms with Crippen molar-refractivity contribution in [3.63, 3.8) is 0 Å². The van der Waals surface area contributed by atoms with Gasteiger partial charge in [-0.3, -0.25) is 9.63 Å². The number of aryl methyl sites for hydroxylation is 2. The van der Waals surface area contributed by atoms with Crippen LogP contribution in [0.5, 0.6) is 0 Å². The van der Waals surface area contributed by atoms with Gasteiger partial charge in [0.05, 0.1) is 24.2 Å². The number of rotatable bonds is 6. The maximum Gasteiger partial charge on any atom is 0.307 e. The minimum atomic E-state index is -0.794. The Labute approximate surface area is 188 Å². The van der Waals surface area contributed by atoms with Gasteiger partial charge in [-0.05, 0) is 55.5 Å². The van der Waals surface area contributed by atoms with E-state index < -0.39 is 5.97 Å². The zero-order valence-electron chi connectivity index (χ0n) is 19.1. The topological polar surface area (TPSA) is 57.9 Å². The molecule has 0 atom stereocenters. The Hall–Kier alpha value is -2.83. The zero-order valence-corrected chi connectivity index (χ0v) is 19.1. The molecule has 0 saturated carbocycles. The van der Waals surface area contributed by atoms with Crippen LogP contribution in [-0.2, 0) is 22.6 Å². The maximum absolute atomic E-state index is 11.9. The van der Waals surface area contributed by atoms with E-state index >= 15 is 0 Å². The summed E-state index contributed by atoms with van der Waals surface area (Å²) in [7, 11) is 0. The third kappa shape index (κ3) is 3.57. The first-order valence-corrected chi connectivity index (χ1v) is 11.5. The number of anilines is 1. The number of aromatic nitrogens is 1. The first kappa shape index (κ1) is 21.0. The Morgan fingerprint density at radius 3 is 2.53 bits per heavy atom. The van der Waals surface area contributed by atoms with Gasteiger partial charge >= 0.3 is 5.97 Å². The highest BCUT2D eigenvalue weighted by Gasteiger charge is 2.29. The van der Waals surface area contributed by atoms with E-state index in [0.29, 0.717) is 0 Å². The summed E-state index contributed by atoms with van der Waals surface area (Å²) in [6.45, 7) is 11.7. The molecule has 1 fully saturated rings.